The van der Waals surface area contributed by atoms with Crippen LogP contribution < -0.4 is 5.32 Å². The lowest BCUT2D eigenvalue weighted by atomic mass is 9.91. The monoisotopic (exact) mass is 443 g/mol. The van der Waals surface area contributed by atoms with Crippen LogP contribution in [0.4, 0.5) is 0 Å². The van der Waals surface area contributed by atoms with Gasteiger partial charge in [-0.2, -0.15) is 0 Å². The molecule has 4 unspecified atom stereocenters. The summed E-state index contributed by atoms with van der Waals surface area (Å²) in [6, 6.07) is 8.83. The SMILES string of the molecule is Cc1cc(C(C(=O)N2CC(O)CC2C(=O)NC(CC(=O)O)c2ccccc2)C(C)C)on1. The van der Waals surface area contributed by atoms with Gasteiger partial charge in [-0.1, -0.05) is 49.3 Å². The van der Waals surface area contributed by atoms with Gasteiger partial charge in [0.1, 0.15) is 17.7 Å². The minimum absolute atomic E-state index is 0.0161. The summed E-state index contributed by atoms with van der Waals surface area (Å²) in [5.74, 6) is -2.25. The fourth-order valence-corrected chi connectivity index (χ4v) is 4.13. The number of aliphatic hydroxyl groups is 1. The number of nitrogens with one attached hydrogen (secondary N) is 1. The number of aryl methyl sites for hydroxylation is 1. The number of hydrogen-bond donors (Lipinski definition) is 3. The van der Waals surface area contributed by atoms with E-state index >= 15 is 0 Å². The average Bonchev–Trinajstić information content (AvgIpc) is 3.33. The maximum Gasteiger partial charge on any atom is 0.305 e. The fourth-order valence-electron chi connectivity index (χ4n) is 4.13. The van der Waals surface area contributed by atoms with Crippen LogP contribution in [0.5, 0.6) is 0 Å². The van der Waals surface area contributed by atoms with Crippen LogP contribution in [-0.4, -0.2) is 56.7 Å². The van der Waals surface area contributed by atoms with Gasteiger partial charge in [-0.25, -0.2) is 0 Å². The number of β-amino-alcohol motifs (C(OH)–C–C–N with tert-alkyl or cyclic N) is 1. The highest BCUT2D eigenvalue weighted by Crippen LogP contribution is 2.31. The molecule has 1 saturated heterocycles. The number of carbonyl (C=O) groups excluding carboxylic acids is 2. The molecule has 0 aliphatic carbocycles. The first-order chi connectivity index (χ1) is 15.2. The third kappa shape index (κ3) is 5.34. The summed E-state index contributed by atoms with van der Waals surface area (Å²) in [6.07, 6.45) is -1.08. The second-order valence-electron chi connectivity index (χ2n) is 8.56. The Hall–Kier alpha value is -3.20. The molecule has 172 valence electrons. The van der Waals surface area contributed by atoms with Crippen molar-refractivity contribution in [1.29, 1.82) is 0 Å². The Bertz CT molecular complexity index is 958. The van der Waals surface area contributed by atoms with Gasteiger partial charge in [0.2, 0.25) is 11.8 Å². The van der Waals surface area contributed by atoms with Crippen LogP contribution in [-0.2, 0) is 14.4 Å². The largest absolute Gasteiger partial charge is 0.481 e. The van der Waals surface area contributed by atoms with Crippen molar-refractivity contribution < 1.29 is 29.1 Å². The number of rotatable bonds is 8. The molecule has 4 atom stereocenters. The summed E-state index contributed by atoms with van der Waals surface area (Å²) < 4.78 is 5.33. The van der Waals surface area contributed by atoms with Gasteiger partial charge in [0, 0.05) is 19.0 Å². The number of likely N-dealkylation sites (tertiary alicyclic amines) is 1. The summed E-state index contributed by atoms with van der Waals surface area (Å²) >= 11 is 0. The van der Waals surface area contributed by atoms with Crippen molar-refractivity contribution in [1.82, 2.24) is 15.4 Å². The Morgan fingerprint density at radius 2 is 1.94 bits per heavy atom. The van der Waals surface area contributed by atoms with Gasteiger partial charge in [-0.15, -0.1) is 0 Å². The van der Waals surface area contributed by atoms with E-state index in [-0.39, 0.29) is 31.2 Å². The molecule has 1 aliphatic heterocycles. The highest BCUT2D eigenvalue weighted by atomic mass is 16.5. The standard InChI is InChI=1S/C23H29N3O6/c1-13(2)21(19-9-14(3)25-32-19)23(31)26-12-16(27)10-18(26)22(30)24-17(11-20(28)29)15-7-5-4-6-8-15/h4-9,13,16-18,21,27H,10-12H2,1-3H3,(H,24,30)(H,28,29). The molecule has 0 spiro atoms. The maximum atomic E-state index is 13.4. The summed E-state index contributed by atoms with van der Waals surface area (Å²) in [4.78, 5) is 39.3. The third-order valence-electron chi connectivity index (χ3n) is 5.65. The Morgan fingerprint density at radius 1 is 1.25 bits per heavy atom. The fraction of sp³-hybridized carbons (Fsp3) is 0.478. The van der Waals surface area contributed by atoms with Crippen molar-refractivity contribution in [2.45, 2.75) is 57.7 Å². The highest BCUT2D eigenvalue weighted by molar-refractivity contribution is 5.91. The Labute approximate surface area is 186 Å². The quantitative estimate of drug-likeness (QED) is 0.568. The zero-order valence-electron chi connectivity index (χ0n) is 18.4. The highest BCUT2D eigenvalue weighted by Gasteiger charge is 2.43. The number of carboxylic acids is 1. The predicted octanol–water partition coefficient (Wildman–Crippen LogP) is 2.02. The van der Waals surface area contributed by atoms with Gasteiger partial charge in [-0.3, -0.25) is 14.4 Å². The van der Waals surface area contributed by atoms with Crippen molar-refractivity contribution in [3.8, 4) is 0 Å². The summed E-state index contributed by atoms with van der Waals surface area (Å²) in [5, 5.41) is 26.2. The predicted molar refractivity (Wildman–Crippen MR) is 115 cm³/mol. The van der Waals surface area contributed by atoms with Crippen molar-refractivity contribution in [3.63, 3.8) is 0 Å². The Morgan fingerprint density at radius 3 is 2.50 bits per heavy atom. The molecule has 0 radical (unpaired) electrons. The molecule has 0 saturated carbocycles. The number of carbonyl (C=O) groups is 3. The molecule has 2 heterocycles. The van der Waals surface area contributed by atoms with Gasteiger partial charge < -0.3 is 25.0 Å². The number of aliphatic carboxylic acids is 1. The van der Waals surface area contributed by atoms with E-state index in [0.717, 1.165) is 0 Å². The van der Waals surface area contributed by atoms with Crippen molar-refractivity contribution in [2.75, 3.05) is 6.54 Å². The number of amides is 2. The van der Waals surface area contributed by atoms with E-state index in [1.54, 1.807) is 43.3 Å². The molecule has 2 amide bonds. The van der Waals surface area contributed by atoms with Gasteiger partial charge in [-0.05, 0) is 18.4 Å². The second kappa shape index (κ2) is 9.95. The topological polar surface area (TPSA) is 133 Å². The summed E-state index contributed by atoms with van der Waals surface area (Å²) in [6.45, 7) is 5.53. The van der Waals surface area contributed by atoms with Gasteiger partial charge in [0.15, 0.2) is 0 Å². The summed E-state index contributed by atoms with van der Waals surface area (Å²) in [7, 11) is 0. The normalized spacial score (nSPS) is 20.2. The number of benzene rings is 1. The molecule has 1 fully saturated rings. The van der Waals surface area contributed by atoms with Crippen molar-refractivity contribution >= 4 is 17.8 Å². The van der Waals surface area contributed by atoms with Crippen LogP contribution >= 0.6 is 0 Å². The number of aromatic nitrogens is 1. The molecule has 0 bridgehead atoms. The molecule has 3 rings (SSSR count). The van der Waals surface area contributed by atoms with Gasteiger partial charge in [0.05, 0.1) is 24.3 Å². The molecule has 32 heavy (non-hydrogen) atoms. The van der Waals surface area contributed by atoms with Crippen LogP contribution in [0.25, 0.3) is 0 Å². The molecule has 9 nitrogen and oxygen atoms in total. The number of hydrogen-bond acceptors (Lipinski definition) is 6. The zero-order valence-corrected chi connectivity index (χ0v) is 18.4. The average molecular weight is 444 g/mol. The van der Waals surface area contributed by atoms with Crippen LogP contribution in [0.15, 0.2) is 40.9 Å². The smallest absolute Gasteiger partial charge is 0.305 e. The Balaban J connectivity index is 1.82. The Kier molecular flexibility index (Phi) is 7.29. The molecular weight excluding hydrogens is 414 g/mol. The lowest BCUT2D eigenvalue weighted by molar-refractivity contribution is -0.142. The summed E-state index contributed by atoms with van der Waals surface area (Å²) in [5.41, 5.74) is 1.30. The minimum atomic E-state index is -1.06. The first-order valence-electron chi connectivity index (χ1n) is 10.7. The lowest BCUT2D eigenvalue weighted by Gasteiger charge is -2.29. The first-order valence-corrected chi connectivity index (χ1v) is 10.7. The maximum absolute atomic E-state index is 13.4. The van der Waals surface area contributed by atoms with E-state index in [2.05, 4.69) is 10.5 Å². The van der Waals surface area contributed by atoms with E-state index in [9.17, 15) is 24.6 Å². The van der Waals surface area contributed by atoms with Crippen molar-refractivity contribution in [2.24, 2.45) is 5.92 Å². The number of carboxylic acid groups (broad SMARTS) is 1. The van der Waals surface area contributed by atoms with E-state index in [1.165, 1.54) is 4.90 Å². The van der Waals surface area contributed by atoms with Crippen LogP contribution in [0.3, 0.4) is 0 Å². The van der Waals surface area contributed by atoms with E-state index in [4.69, 9.17) is 4.52 Å². The van der Waals surface area contributed by atoms with E-state index in [1.807, 2.05) is 13.8 Å². The molecule has 9 heteroatoms. The first kappa shape index (κ1) is 23.5. The molecule has 3 N–H and O–H groups in total. The molecule has 1 aromatic carbocycles. The zero-order chi connectivity index (χ0) is 23.4. The third-order valence-corrected chi connectivity index (χ3v) is 5.65. The number of nitrogens with zero attached hydrogens (tertiary/aromatic N) is 2. The molecular formula is C23H29N3O6. The lowest BCUT2D eigenvalue weighted by Crippen LogP contribution is -2.49. The molecule has 1 aromatic heterocycles. The molecule has 1 aliphatic rings. The number of aliphatic hydroxyl groups excluding tert-OH is 1. The van der Waals surface area contributed by atoms with Crippen LogP contribution in [0.2, 0.25) is 0 Å². The second-order valence-corrected chi connectivity index (χ2v) is 8.56. The van der Waals surface area contributed by atoms with E-state index in [0.29, 0.717) is 17.0 Å². The van der Waals surface area contributed by atoms with Gasteiger partial charge in [0.25, 0.3) is 0 Å². The van der Waals surface area contributed by atoms with Crippen LogP contribution in [0.1, 0.15) is 55.7 Å². The van der Waals surface area contributed by atoms with Crippen molar-refractivity contribution in [3.05, 3.63) is 53.4 Å². The van der Waals surface area contributed by atoms with Crippen LogP contribution in [0, 0.1) is 12.8 Å². The molecule has 2 aromatic rings. The minimum Gasteiger partial charge on any atom is -0.481 e. The van der Waals surface area contributed by atoms with Gasteiger partial charge >= 0.3 is 5.97 Å². The van der Waals surface area contributed by atoms with E-state index < -0.39 is 36.0 Å².